The summed E-state index contributed by atoms with van der Waals surface area (Å²) in [4.78, 5) is 0.334. The highest BCUT2D eigenvalue weighted by molar-refractivity contribution is 7.92. The van der Waals surface area contributed by atoms with Crippen molar-refractivity contribution in [2.75, 3.05) is 30.9 Å². The molecule has 1 saturated heterocycles. The molecule has 0 N–H and O–H groups in total. The average Bonchev–Trinajstić information content (AvgIpc) is 3.20. The normalized spacial score (nSPS) is 13.8. The van der Waals surface area contributed by atoms with E-state index in [4.69, 9.17) is 9.47 Å². The monoisotopic (exact) mass is 363 g/mol. The molecule has 0 radical (unpaired) electrons. The summed E-state index contributed by atoms with van der Waals surface area (Å²) in [5.41, 5.74) is 1.75. The van der Waals surface area contributed by atoms with Gasteiger partial charge in [-0.3, -0.25) is 4.31 Å². The number of ether oxygens (including phenoxy) is 2. The first kappa shape index (κ1) is 19.4. The van der Waals surface area contributed by atoms with Gasteiger partial charge in [0.05, 0.1) is 23.8 Å². The molecule has 25 heavy (non-hydrogen) atoms. The predicted molar refractivity (Wildman–Crippen MR) is 99.2 cm³/mol. The summed E-state index contributed by atoms with van der Waals surface area (Å²) in [6.07, 6.45) is 0.764. The van der Waals surface area contributed by atoms with Crippen molar-refractivity contribution in [3.8, 4) is 0 Å². The van der Waals surface area contributed by atoms with Gasteiger partial charge in [-0.15, -0.1) is 0 Å². The summed E-state index contributed by atoms with van der Waals surface area (Å²) in [6, 6.07) is 16.2. The smallest absolute Gasteiger partial charge is 0.264 e. The summed E-state index contributed by atoms with van der Waals surface area (Å²) >= 11 is 0. The van der Waals surface area contributed by atoms with Crippen LogP contribution < -0.4 is 4.31 Å². The maximum Gasteiger partial charge on any atom is 0.264 e. The summed E-state index contributed by atoms with van der Waals surface area (Å²) in [7, 11) is -3.50. The SMILES string of the molecule is C1COCO1.CCCN(c1ccccc1)S(=O)(=O)c1ccc(C)cc1. The molecule has 0 saturated carbocycles. The van der Waals surface area contributed by atoms with Crippen LogP contribution in [0, 0.1) is 6.92 Å². The quantitative estimate of drug-likeness (QED) is 0.815. The lowest BCUT2D eigenvalue weighted by atomic mass is 10.2. The van der Waals surface area contributed by atoms with Gasteiger partial charge >= 0.3 is 0 Å². The molecule has 5 nitrogen and oxygen atoms in total. The fraction of sp³-hybridized carbons (Fsp3) is 0.368. The molecule has 0 spiro atoms. The van der Waals surface area contributed by atoms with E-state index in [1.165, 1.54) is 4.31 Å². The van der Waals surface area contributed by atoms with Crippen molar-refractivity contribution in [3.63, 3.8) is 0 Å². The van der Waals surface area contributed by atoms with Crippen molar-refractivity contribution < 1.29 is 17.9 Å². The third-order valence-electron chi connectivity index (χ3n) is 3.62. The highest BCUT2D eigenvalue weighted by atomic mass is 32.2. The lowest BCUT2D eigenvalue weighted by Crippen LogP contribution is -2.31. The van der Waals surface area contributed by atoms with Gasteiger partial charge in [-0.25, -0.2) is 8.42 Å². The standard InChI is InChI=1S/C16H19NO2S.C3H6O2/c1-3-13-17(15-7-5-4-6-8-15)20(18,19)16-11-9-14(2)10-12-16;1-2-5-3-4-1/h4-12H,3,13H2,1-2H3;1-3H2. The van der Waals surface area contributed by atoms with Crippen molar-refractivity contribution in [1.82, 2.24) is 0 Å². The Balaban J connectivity index is 0.000000386. The Morgan fingerprint density at radius 1 is 0.960 bits per heavy atom. The van der Waals surface area contributed by atoms with Crippen LogP contribution in [0.3, 0.4) is 0 Å². The van der Waals surface area contributed by atoms with Crippen LogP contribution in [0.5, 0.6) is 0 Å². The summed E-state index contributed by atoms with van der Waals surface area (Å²) in [5.74, 6) is 0. The largest absolute Gasteiger partial charge is 0.353 e. The topological polar surface area (TPSA) is 55.8 Å². The molecule has 1 aliphatic heterocycles. The van der Waals surface area contributed by atoms with Gasteiger partial charge in [0, 0.05) is 6.54 Å². The zero-order valence-electron chi connectivity index (χ0n) is 14.7. The average molecular weight is 363 g/mol. The van der Waals surface area contributed by atoms with Crippen LogP contribution in [0.25, 0.3) is 0 Å². The van der Waals surface area contributed by atoms with Gasteiger partial charge in [-0.05, 0) is 37.6 Å². The molecule has 6 heteroatoms. The zero-order valence-corrected chi connectivity index (χ0v) is 15.5. The molecule has 3 rings (SSSR count). The molecule has 1 heterocycles. The molecule has 0 bridgehead atoms. The Hall–Kier alpha value is -1.89. The van der Waals surface area contributed by atoms with Crippen LogP contribution in [-0.2, 0) is 19.5 Å². The van der Waals surface area contributed by atoms with Crippen LogP contribution in [0.2, 0.25) is 0 Å². The van der Waals surface area contributed by atoms with Gasteiger partial charge in [0.1, 0.15) is 6.79 Å². The molecule has 2 aromatic rings. The lowest BCUT2D eigenvalue weighted by molar-refractivity contribution is 0.0692. The molecule has 0 aromatic heterocycles. The maximum absolute atomic E-state index is 12.8. The van der Waals surface area contributed by atoms with Gasteiger partial charge in [0.25, 0.3) is 10.0 Å². The molecule has 0 atom stereocenters. The van der Waals surface area contributed by atoms with Gasteiger partial charge < -0.3 is 9.47 Å². The number of hydrogen-bond donors (Lipinski definition) is 0. The minimum absolute atomic E-state index is 0.334. The van der Waals surface area contributed by atoms with E-state index >= 15 is 0 Å². The van der Waals surface area contributed by atoms with Crippen molar-refractivity contribution in [3.05, 3.63) is 60.2 Å². The van der Waals surface area contributed by atoms with E-state index in [-0.39, 0.29) is 0 Å². The highest BCUT2D eigenvalue weighted by Gasteiger charge is 2.23. The highest BCUT2D eigenvalue weighted by Crippen LogP contribution is 2.23. The van der Waals surface area contributed by atoms with E-state index in [0.717, 1.165) is 25.2 Å². The Morgan fingerprint density at radius 2 is 1.56 bits per heavy atom. The first-order chi connectivity index (χ1) is 12.1. The fourth-order valence-corrected chi connectivity index (χ4v) is 3.87. The number of sulfonamides is 1. The number of rotatable bonds is 5. The fourth-order valence-electron chi connectivity index (χ4n) is 2.32. The Labute approximate surface area is 150 Å². The molecule has 0 amide bonds. The molecule has 0 unspecified atom stereocenters. The van der Waals surface area contributed by atoms with Gasteiger partial charge in [0.2, 0.25) is 0 Å². The van der Waals surface area contributed by atoms with Crippen LogP contribution >= 0.6 is 0 Å². The van der Waals surface area contributed by atoms with Crippen molar-refractivity contribution >= 4 is 15.7 Å². The Kier molecular flexibility index (Phi) is 7.43. The molecule has 2 aromatic carbocycles. The van der Waals surface area contributed by atoms with E-state index in [1.54, 1.807) is 12.1 Å². The summed E-state index contributed by atoms with van der Waals surface area (Å²) in [6.45, 7) is 6.44. The van der Waals surface area contributed by atoms with E-state index in [9.17, 15) is 8.42 Å². The molecule has 0 aliphatic carbocycles. The maximum atomic E-state index is 12.8. The molecular weight excluding hydrogens is 338 g/mol. The third kappa shape index (κ3) is 5.56. The second-order valence-corrected chi connectivity index (χ2v) is 7.52. The summed E-state index contributed by atoms with van der Waals surface area (Å²) in [5, 5.41) is 0. The Morgan fingerprint density at radius 3 is 2.04 bits per heavy atom. The second kappa shape index (κ2) is 9.56. The van der Waals surface area contributed by atoms with Gasteiger partial charge in [0.15, 0.2) is 0 Å². The minimum Gasteiger partial charge on any atom is -0.353 e. The number of aryl methyl sites for hydroxylation is 1. The number of benzene rings is 2. The van der Waals surface area contributed by atoms with Crippen molar-refractivity contribution in [2.45, 2.75) is 25.2 Å². The van der Waals surface area contributed by atoms with E-state index in [1.807, 2.05) is 56.3 Å². The first-order valence-corrected chi connectivity index (χ1v) is 9.79. The van der Waals surface area contributed by atoms with Gasteiger partial charge in [-0.1, -0.05) is 42.8 Å². The van der Waals surface area contributed by atoms with Crippen LogP contribution in [0.15, 0.2) is 59.5 Å². The molecule has 136 valence electrons. The van der Waals surface area contributed by atoms with E-state index < -0.39 is 10.0 Å². The number of hydrogen-bond acceptors (Lipinski definition) is 4. The number of nitrogens with zero attached hydrogens (tertiary/aromatic N) is 1. The van der Waals surface area contributed by atoms with Crippen LogP contribution in [0.1, 0.15) is 18.9 Å². The second-order valence-electron chi connectivity index (χ2n) is 5.66. The minimum atomic E-state index is -3.50. The lowest BCUT2D eigenvalue weighted by Gasteiger charge is -2.24. The van der Waals surface area contributed by atoms with Crippen LogP contribution in [-0.4, -0.2) is 35.0 Å². The molecule has 1 aliphatic rings. The number of anilines is 1. The van der Waals surface area contributed by atoms with Crippen LogP contribution in [0.4, 0.5) is 5.69 Å². The Bertz CT molecular complexity index is 718. The molecule has 1 fully saturated rings. The zero-order chi connectivity index (χ0) is 18.1. The molecular formula is C19H25NO4S. The number of para-hydroxylation sites is 1. The van der Waals surface area contributed by atoms with Crippen molar-refractivity contribution in [1.29, 1.82) is 0 Å². The predicted octanol–water partition coefficient (Wildman–Crippen LogP) is 3.59. The van der Waals surface area contributed by atoms with E-state index in [0.29, 0.717) is 23.9 Å². The summed E-state index contributed by atoms with van der Waals surface area (Å²) < 4.78 is 36.4. The van der Waals surface area contributed by atoms with E-state index in [2.05, 4.69) is 0 Å². The first-order valence-electron chi connectivity index (χ1n) is 8.35. The van der Waals surface area contributed by atoms with Gasteiger partial charge in [-0.2, -0.15) is 0 Å². The third-order valence-corrected chi connectivity index (χ3v) is 5.46. The van der Waals surface area contributed by atoms with Crippen molar-refractivity contribution in [2.24, 2.45) is 0 Å².